The Labute approximate surface area is 105 Å². The smallest absolute Gasteiger partial charge is 0.248 e. The van der Waals surface area contributed by atoms with Crippen molar-refractivity contribution in [3.63, 3.8) is 0 Å². The Morgan fingerprint density at radius 3 is 2.72 bits per heavy atom. The summed E-state index contributed by atoms with van der Waals surface area (Å²) in [4.78, 5) is 11.9. The number of aromatic nitrogens is 2. The van der Waals surface area contributed by atoms with Gasteiger partial charge in [0.05, 0.1) is 0 Å². The Morgan fingerprint density at radius 2 is 2.17 bits per heavy atom. The number of rotatable bonds is 4. The second-order valence-corrected chi connectivity index (χ2v) is 5.04. The highest BCUT2D eigenvalue weighted by Gasteiger charge is 2.36. The summed E-state index contributed by atoms with van der Waals surface area (Å²) in [7, 11) is 1.83. The molecule has 1 aromatic heterocycles. The fourth-order valence-electron chi connectivity index (χ4n) is 2.46. The molecule has 1 aliphatic rings. The van der Waals surface area contributed by atoms with Crippen LogP contribution in [0.1, 0.15) is 37.8 Å². The van der Waals surface area contributed by atoms with Crippen LogP contribution in [0.3, 0.4) is 0 Å². The molecule has 0 aromatic carbocycles. The van der Waals surface area contributed by atoms with Gasteiger partial charge in [-0.3, -0.25) is 9.48 Å². The fourth-order valence-corrected chi connectivity index (χ4v) is 2.46. The van der Waals surface area contributed by atoms with Crippen molar-refractivity contribution in [2.24, 2.45) is 13.0 Å². The molecule has 2 rings (SSSR count). The van der Waals surface area contributed by atoms with E-state index >= 15 is 0 Å². The van der Waals surface area contributed by atoms with Crippen molar-refractivity contribution in [3.05, 3.63) is 18.0 Å². The van der Waals surface area contributed by atoms with E-state index in [0.717, 1.165) is 5.69 Å². The van der Waals surface area contributed by atoms with Gasteiger partial charge in [0.2, 0.25) is 5.92 Å². The van der Waals surface area contributed by atoms with Gasteiger partial charge in [-0.2, -0.15) is 5.10 Å². The summed E-state index contributed by atoms with van der Waals surface area (Å²) in [5.41, 5.74) is 1.00. The molecule has 0 unspecified atom stereocenters. The van der Waals surface area contributed by atoms with Crippen LogP contribution in [0.4, 0.5) is 8.78 Å². The minimum atomic E-state index is -2.56. The number of aryl methyl sites for hydroxylation is 2. The van der Waals surface area contributed by atoms with Crippen molar-refractivity contribution >= 4 is 5.78 Å². The Kier molecular flexibility index (Phi) is 3.78. The highest BCUT2D eigenvalue weighted by Crippen LogP contribution is 2.36. The molecule has 0 atom stereocenters. The van der Waals surface area contributed by atoms with E-state index in [4.69, 9.17) is 0 Å². The van der Waals surface area contributed by atoms with Crippen LogP contribution in [0.5, 0.6) is 0 Å². The van der Waals surface area contributed by atoms with Gasteiger partial charge in [0.1, 0.15) is 5.78 Å². The lowest BCUT2D eigenvalue weighted by atomic mass is 9.83. The normalized spacial score (nSPS) is 19.9. The Bertz CT molecular complexity index is 418. The number of alkyl halides is 2. The third kappa shape index (κ3) is 3.15. The number of carbonyl (C=O) groups excluding carboxylic acids is 1. The summed E-state index contributed by atoms with van der Waals surface area (Å²) in [5.74, 6) is -2.61. The molecule has 3 nitrogen and oxygen atoms in total. The summed E-state index contributed by atoms with van der Waals surface area (Å²) in [6.07, 6.45) is 3.14. The summed E-state index contributed by atoms with van der Waals surface area (Å²) in [5, 5.41) is 4.03. The molecular formula is C13H18F2N2O. The zero-order valence-electron chi connectivity index (χ0n) is 10.5. The predicted molar refractivity (Wildman–Crippen MR) is 63.4 cm³/mol. The molecule has 0 spiro atoms. The number of halogens is 2. The second kappa shape index (κ2) is 5.16. The monoisotopic (exact) mass is 256 g/mol. The average Bonchev–Trinajstić information content (AvgIpc) is 2.72. The topological polar surface area (TPSA) is 34.9 Å². The summed E-state index contributed by atoms with van der Waals surface area (Å²) >= 11 is 0. The van der Waals surface area contributed by atoms with E-state index in [9.17, 15) is 13.6 Å². The predicted octanol–water partition coefficient (Wildman–Crippen LogP) is 2.75. The molecular weight excluding hydrogens is 238 g/mol. The van der Waals surface area contributed by atoms with Gasteiger partial charge in [0.25, 0.3) is 0 Å². The quantitative estimate of drug-likeness (QED) is 0.830. The van der Waals surface area contributed by atoms with Crippen LogP contribution in [0, 0.1) is 5.92 Å². The highest BCUT2D eigenvalue weighted by molar-refractivity contribution is 5.81. The van der Waals surface area contributed by atoms with Gasteiger partial charge in [0, 0.05) is 44.1 Å². The van der Waals surface area contributed by atoms with Crippen LogP contribution in [0.15, 0.2) is 12.3 Å². The SMILES string of the molecule is Cn1nccc1CCC(=O)C1CCC(F)(F)CC1. The van der Waals surface area contributed by atoms with Crippen molar-refractivity contribution in [2.45, 2.75) is 44.4 Å². The van der Waals surface area contributed by atoms with Gasteiger partial charge >= 0.3 is 0 Å². The number of Topliss-reactive ketones (excluding diaryl/α,β-unsaturated/α-hetero) is 1. The van der Waals surface area contributed by atoms with Crippen molar-refractivity contribution in [1.29, 1.82) is 0 Å². The lowest BCUT2D eigenvalue weighted by Gasteiger charge is -2.27. The van der Waals surface area contributed by atoms with Gasteiger partial charge in [-0.25, -0.2) is 8.78 Å². The minimum Gasteiger partial charge on any atom is -0.299 e. The van der Waals surface area contributed by atoms with E-state index in [1.54, 1.807) is 10.9 Å². The van der Waals surface area contributed by atoms with Crippen LogP contribution in [-0.4, -0.2) is 21.5 Å². The van der Waals surface area contributed by atoms with E-state index in [0.29, 0.717) is 25.7 Å². The van der Waals surface area contributed by atoms with Crippen molar-refractivity contribution in [2.75, 3.05) is 0 Å². The average molecular weight is 256 g/mol. The first kappa shape index (κ1) is 13.2. The maximum atomic E-state index is 13.0. The Hall–Kier alpha value is -1.26. The van der Waals surface area contributed by atoms with E-state index in [1.807, 2.05) is 13.1 Å². The molecule has 1 fully saturated rings. The molecule has 100 valence electrons. The minimum absolute atomic E-state index is 0.117. The van der Waals surface area contributed by atoms with Gasteiger partial charge in [-0.05, 0) is 25.3 Å². The molecule has 1 aromatic rings. The summed E-state index contributed by atoms with van der Waals surface area (Å²) < 4.78 is 27.7. The lowest BCUT2D eigenvalue weighted by molar-refractivity contribution is -0.127. The largest absolute Gasteiger partial charge is 0.299 e. The fraction of sp³-hybridized carbons (Fsp3) is 0.692. The van der Waals surface area contributed by atoms with Crippen molar-refractivity contribution in [1.82, 2.24) is 9.78 Å². The number of hydrogen-bond donors (Lipinski definition) is 0. The van der Waals surface area contributed by atoms with E-state index < -0.39 is 5.92 Å². The second-order valence-electron chi connectivity index (χ2n) is 5.04. The molecule has 0 aliphatic heterocycles. The molecule has 1 heterocycles. The molecule has 0 amide bonds. The molecule has 18 heavy (non-hydrogen) atoms. The molecule has 0 saturated heterocycles. The number of ketones is 1. The molecule has 0 N–H and O–H groups in total. The molecule has 0 bridgehead atoms. The van der Waals surface area contributed by atoms with Crippen LogP contribution in [0.2, 0.25) is 0 Å². The van der Waals surface area contributed by atoms with Crippen molar-refractivity contribution < 1.29 is 13.6 Å². The van der Waals surface area contributed by atoms with Gasteiger partial charge < -0.3 is 0 Å². The first-order valence-electron chi connectivity index (χ1n) is 6.35. The van der Waals surface area contributed by atoms with Gasteiger partial charge in [0.15, 0.2) is 0 Å². The zero-order chi connectivity index (χ0) is 13.2. The maximum Gasteiger partial charge on any atom is 0.248 e. The van der Waals surface area contributed by atoms with E-state index in [2.05, 4.69) is 5.10 Å². The van der Waals surface area contributed by atoms with Crippen LogP contribution in [0.25, 0.3) is 0 Å². The highest BCUT2D eigenvalue weighted by atomic mass is 19.3. The third-order valence-electron chi connectivity index (χ3n) is 3.72. The first-order chi connectivity index (χ1) is 8.48. The first-order valence-corrected chi connectivity index (χ1v) is 6.35. The molecule has 5 heteroatoms. The van der Waals surface area contributed by atoms with Gasteiger partial charge in [-0.15, -0.1) is 0 Å². The maximum absolute atomic E-state index is 13.0. The Balaban J connectivity index is 1.81. The van der Waals surface area contributed by atoms with Crippen LogP contribution in [-0.2, 0) is 18.3 Å². The molecule has 1 aliphatic carbocycles. The number of nitrogens with zero attached hydrogens (tertiary/aromatic N) is 2. The Morgan fingerprint density at radius 1 is 1.50 bits per heavy atom. The number of hydrogen-bond acceptors (Lipinski definition) is 2. The number of carbonyl (C=O) groups is 1. The van der Waals surface area contributed by atoms with Crippen LogP contribution < -0.4 is 0 Å². The van der Waals surface area contributed by atoms with Gasteiger partial charge in [-0.1, -0.05) is 0 Å². The standard InChI is InChI=1S/C13H18F2N2O/c1-17-11(6-9-16-17)2-3-12(18)10-4-7-13(14,15)8-5-10/h6,9-10H,2-5,7-8H2,1H3. The summed E-state index contributed by atoms with van der Waals surface area (Å²) in [6.45, 7) is 0. The lowest BCUT2D eigenvalue weighted by Crippen LogP contribution is -2.28. The van der Waals surface area contributed by atoms with Crippen molar-refractivity contribution in [3.8, 4) is 0 Å². The third-order valence-corrected chi connectivity index (χ3v) is 3.72. The van der Waals surface area contributed by atoms with E-state index in [-0.39, 0.29) is 24.5 Å². The van der Waals surface area contributed by atoms with E-state index in [1.165, 1.54) is 0 Å². The molecule has 0 radical (unpaired) electrons. The zero-order valence-corrected chi connectivity index (χ0v) is 10.5. The summed E-state index contributed by atoms with van der Waals surface area (Å²) in [6, 6.07) is 1.88. The van der Waals surface area contributed by atoms with Crippen LogP contribution >= 0.6 is 0 Å². The molecule has 1 saturated carbocycles.